The van der Waals surface area contributed by atoms with Crippen LogP contribution in [0.1, 0.15) is 78.2 Å². The highest BCUT2D eigenvalue weighted by molar-refractivity contribution is 5.96. The quantitative estimate of drug-likeness (QED) is 0.239. The van der Waals surface area contributed by atoms with Gasteiger partial charge in [0.2, 0.25) is 23.6 Å². The third-order valence-corrected chi connectivity index (χ3v) is 8.48. The first-order valence-electron chi connectivity index (χ1n) is 15.3. The predicted molar refractivity (Wildman–Crippen MR) is 160 cm³/mol. The van der Waals surface area contributed by atoms with Crippen molar-refractivity contribution in [2.24, 2.45) is 11.7 Å². The second kappa shape index (κ2) is 15.2. The van der Waals surface area contributed by atoms with E-state index >= 15 is 0 Å². The normalized spacial score (nSPS) is 20.1. The molecule has 238 valence electrons. The summed E-state index contributed by atoms with van der Waals surface area (Å²) in [5.41, 5.74) is 6.34. The van der Waals surface area contributed by atoms with Crippen LogP contribution in [0, 0.1) is 5.92 Å². The van der Waals surface area contributed by atoms with Crippen molar-refractivity contribution < 1.29 is 34.2 Å². The molecule has 43 heavy (non-hydrogen) atoms. The summed E-state index contributed by atoms with van der Waals surface area (Å²) in [4.78, 5) is 69.1. The fourth-order valence-electron chi connectivity index (χ4n) is 5.97. The van der Waals surface area contributed by atoms with Gasteiger partial charge in [0.1, 0.15) is 29.9 Å². The number of hydrogen-bond donors (Lipinski definition) is 5. The Kier molecular flexibility index (Phi) is 11.9. The van der Waals surface area contributed by atoms with E-state index in [4.69, 9.17) is 5.73 Å². The average Bonchev–Trinajstić information content (AvgIpc) is 3.46. The molecule has 0 radical (unpaired) electrons. The minimum atomic E-state index is -1.24. The fourth-order valence-corrected chi connectivity index (χ4v) is 5.97. The maximum Gasteiger partial charge on any atom is 0.326 e. The number of carboxylic acid groups (broad SMARTS) is 1. The lowest BCUT2D eigenvalue weighted by molar-refractivity contribution is -0.152. The van der Waals surface area contributed by atoms with Crippen LogP contribution in [0.4, 0.5) is 0 Å². The highest BCUT2D eigenvalue weighted by Gasteiger charge is 2.44. The Hall–Kier alpha value is -3.67. The van der Waals surface area contributed by atoms with E-state index in [0.29, 0.717) is 37.8 Å². The number of aliphatic carboxylic acids is 1. The van der Waals surface area contributed by atoms with Crippen LogP contribution in [0.2, 0.25) is 0 Å². The third kappa shape index (κ3) is 8.68. The number of nitrogens with one attached hydrogen (secondary N) is 2. The van der Waals surface area contributed by atoms with Gasteiger partial charge in [-0.15, -0.1) is 0 Å². The van der Waals surface area contributed by atoms with E-state index in [0.717, 1.165) is 19.3 Å². The number of carbonyl (C=O) groups is 5. The maximum absolute atomic E-state index is 14.3. The van der Waals surface area contributed by atoms with E-state index in [1.807, 2.05) is 13.8 Å². The number of hydrogen-bond acceptors (Lipinski definition) is 7. The predicted octanol–water partition coefficient (Wildman–Crippen LogP) is 1.53. The second-order valence-corrected chi connectivity index (χ2v) is 12.2. The van der Waals surface area contributed by atoms with E-state index in [9.17, 15) is 34.2 Å². The molecule has 5 atom stereocenters. The molecule has 2 fully saturated rings. The maximum atomic E-state index is 14.3. The molecule has 4 amide bonds. The Morgan fingerprint density at radius 3 is 2.12 bits per heavy atom. The molecule has 1 saturated heterocycles. The van der Waals surface area contributed by atoms with Crippen LogP contribution < -0.4 is 16.4 Å². The van der Waals surface area contributed by atoms with Crippen LogP contribution in [0.25, 0.3) is 0 Å². The number of phenols is 1. The number of likely N-dealkylation sites (tertiary alicyclic amines) is 1. The molecule has 0 spiro atoms. The van der Waals surface area contributed by atoms with Gasteiger partial charge in [-0.1, -0.05) is 45.2 Å². The van der Waals surface area contributed by atoms with Crippen molar-refractivity contribution in [2.45, 2.75) is 115 Å². The standard InChI is InChI=1S/C31H47N5O7/c1-18(2)26(34-27(38)19(3)32)30(41)35-16-8-11-25(35)29(40)36(22-9-6-5-7-10-22)20(4)28(39)33-24(31(42)43)17-21-12-14-23(37)15-13-21/h12-15,18-20,22,24-26,37H,5-11,16-17,32H2,1-4H3,(H,33,39)(H,34,38)(H,42,43)/t19-,20-,24-,25-,26-/m0/s1. The SMILES string of the molecule is CC(C)[C@H](NC(=O)[C@H](C)N)C(=O)N1CCC[C@H]1C(=O)N(C1CCCCC1)[C@@H](C)C(=O)N[C@@H](Cc1ccc(O)cc1)C(=O)O. The molecule has 2 aliphatic rings. The van der Waals surface area contributed by atoms with Gasteiger partial charge in [0, 0.05) is 19.0 Å². The van der Waals surface area contributed by atoms with Gasteiger partial charge in [0.05, 0.1) is 6.04 Å². The topological polar surface area (TPSA) is 182 Å². The van der Waals surface area contributed by atoms with E-state index in [2.05, 4.69) is 10.6 Å². The molecule has 12 heteroatoms. The monoisotopic (exact) mass is 601 g/mol. The first kappa shape index (κ1) is 33.8. The van der Waals surface area contributed by atoms with E-state index < -0.39 is 48.0 Å². The minimum absolute atomic E-state index is 0.0000802. The number of carboxylic acids is 1. The van der Waals surface area contributed by atoms with Gasteiger partial charge in [-0.2, -0.15) is 0 Å². The molecule has 0 bridgehead atoms. The zero-order valence-corrected chi connectivity index (χ0v) is 25.6. The highest BCUT2D eigenvalue weighted by Crippen LogP contribution is 2.29. The Labute approximate surface area is 253 Å². The summed E-state index contributed by atoms with van der Waals surface area (Å²) >= 11 is 0. The summed E-state index contributed by atoms with van der Waals surface area (Å²) in [7, 11) is 0. The first-order valence-corrected chi connectivity index (χ1v) is 15.3. The number of amides is 4. The molecule has 12 nitrogen and oxygen atoms in total. The molecule has 1 aliphatic heterocycles. The second-order valence-electron chi connectivity index (χ2n) is 12.2. The lowest BCUT2D eigenvalue weighted by Gasteiger charge is -2.41. The summed E-state index contributed by atoms with van der Waals surface area (Å²) in [6.45, 7) is 7.11. The molecule has 1 aliphatic carbocycles. The van der Waals surface area contributed by atoms with Crippen LogP contribution in [0.5, 0.6) is 5.75 Å². The van der Waals surface area contributed by atoms with Gasteiger partial charge in [0.15, 0.2) is 0 Å². The van der Waals surface area contributed by atoms with Crippen molar-refractivity contribution in [3.63, 3.8) is 0 Å². The van der Waals surface area contributed by atoms with E-state index in [1.165, 1.54) is 24.0 Å². The number of rotatable bonds is 12. The van der Waals surface area contributed by atoms with Gasteiger partial charge >= 0.3 is 5.97 Å². The molecule has 1 aromatic carbocycles. The highest BCUT2D eigenvalue weighted by atomic mass is 16.4. The molecule has 1 heterocycles. The molecule has 1 aromatic rings. The minimum Gasteiger partial charge on any atom is -0.508 e. The lowest BCUT2D eigenvalue weighted by atomic mass is 9.92. The van der Waals surface area contributed by atoms with E-state index in [1.54, 1.807) is 24.0 Å². The van der Waals surface area contributed by atoms with Gasteiger partial charge in [0.25, 0.3) is 0 Å². The van der Waals surface area contributed by atoms with Crippen LogP contribution in [0.3, 0.4) is 0 Å². The van der Waals surface area contributed by atoms with Gasteiger partial charge in [-0.25, -0.2) is 4.79 Å². The van der Waals surface area contributed by atoms with Crippen LogP contribution in [-0.4, -0.2) is 92.4 Å². The fraction of sp³-hybridized carbons (Fsp3) is 0.645. The molecule has 0 aromatic heterocycles. The Balaban J connectivity index is 1.83. The van der Waals surface area contributed by atoms with Gasteiger partial charge < -0.3 is 36.4 Å². The van der Waals surface area contributed by atoms with Crippen molar-refractivity contribution in [3.05, 3.63) is 29.8 Å². The number of carbonyl (C=O) groups excluding carboxylic acids is 4. The number of nitrogens with two attached hydrogens (primary N) is 1. The molecule has 0 unspecified atom stereocenters. The molecular weight excluding hydrogens is 554 g/mol. The third-order valence-electron chi connectivity index (χ3n) is 8.48. The first-order chi connectivity index (χ1) is 20.3. The number of phenolic OH excluding ortho intramolecular Hbond substituents is 1. The van der Waals surface area contributed by atoms with Gasteiger partial charge in [-0.3, -0.25) is 19.2 Å². The summed E-state index contributed by atoms with van der Waals surface area (Å²) in [6.07, 6.45) is 5.25. The summed E-state index contributed by atoms with van der Waals surface area (Å²) in [6, 6.07) is 1.18. The average molecular weight is 602 g/mol. The van der Waals surface area contributed by atoms with Crippen molar-refractivity contribution in [3.8, 4) is 5.75 Å². The zero-order valence-electron chi connectivity index (χ0n) is 25.6. The molecule has 6 N–H and O–H groups in total. The molecular formula is C31H47N5O7. The summed E-state index contributed by atoms with van der Waals surface area (Å²) < 4.78 is 0. The number of benzene rings is 1. The van der Waals surface area contributed by atoms with Crippen molar-refractivity contribution in [1.82, 2.24) is 20.4 Å². The van der Waals surface area contributed by atoms with E-state index in [-0.39, 0.29) is 35.9 Å². The zero-order chi connectivity index (χ0) is 31.8. The van der Waals surface area contributed by atoms with Crippen LogP contribution >= 0.6 is 0 Å². The van der Waals surface area contributed by atoms with Crippen LogP contribution in [-0.2, 0) is 30.4 Å². The van der Waals surface area contributed by atoms with Crippen molar-refractivity contribution in [1.29, 1.82) is 0 Å². The van der Waals surface area contributed by atoms with Crippen molar-refractivity contribution >= 4 is 29.6 Å². The largest absolute Gasteiger partial charge is 0.508 e. The lowest BCUT2D eigenvalue weighted by Crippen LogP contribution is -2.61. The number of nitrogens with zero attached hydrogens (tertiary/aromatic N) is 2. The van der Waals surface area contributed by atoms with Crippen molar-refractivity contribution in [2.75, 3.05) is 6.54 Å². The Morgan fingerprint density at radius 2 is 1.56 bits per heavy atom. The molecule has 1 saturated carbocycles. The summed E-state index contributed by atoms with van der Waals surface area (Å²) in [5.74, 6) is -3.16. The molecule has 3 rings (SSSR count). The van der Waals surface area contributed by atoms with Gasteiger partial charge in [-0.05, 0) is 63.1 Å². The number of aromatic hydroxyl groups is 1. The summed E-state index contributed by atoms with van der Waals surface area (Å²) in [5, 5.41) is 24.7. The van der Waals surface area contributed by atoms with Crippen LogP contribution in [0.15, 0.2) is 24.3 Å². The Bertz CT molecular complexity index is 1150. The smallest absolute Gasteiger partial charge is 0.326 e. The Morgan fingerprint density at radius 1 is 0.930 bits per heavy atom.